The number of rotatable bonds is 6. The molecule has 134 valence electrons. The number of nitrogens with one attached hydrogen (secondary N) is 1. The summed E-state index contributed by atoms with van der Waals surface area (Å²) in [6.07, 6.45) is 0. The van der Waals surface area contributed by atoms with E-state index in [-0.39, 0.29) is 18.1 Å². The Morgan fingerprint density at radius 2 is 1.81 bits per heavy atom. The molecule has 2 heterocycles. The number of nitrogens with zero attached hydrogens (tertiary/aromatic N) is 1. The molecule has 2 aromatic heterocycles. The number of para-hydroxylation sites is 1. The van der Waals surface area contributed by atoms with Crippen molar-refractivity contribution < 1.29 is 14.3 Å². The van der Waals surface area contributed by atoms with Crippen LogP contribution in [0, 0.1) is 13.8 Å². The van der Waals surface area contributed by atoms with Crippen molar-refractivity contribution in [2.24, 2.45) is 0 Å². The molecular weight excluding hydrogens is 348 g/mol. The molecule has 0 saturated carbocycles. The summed E-state index contributed by atoms with van der Waals surface area (Å²) in [5.41, 5.74) is 2.97. The van der Waals surface area contributed by atoms with Crippen molar-refractivity contribution in [1.29, 1.82) is 0 Å². The van der Waals surface area contributed by atoms with Crippen molar-refractivity contribution in [2.75, 3.05) is 12.4 Å². The lowest BCUT2D eigenvalue weighted by molar-refractivity contribution is 0.0522. The molecule has 0 bridgehead atoms. The number of hydrogen-bond acceptors (Lipinski definition) is 5. The van der Waals surface area contributed by atoms with Gasteiger partial charge in [0.05, 0.1) is 34.0 Å². The monoisotopic (exact) mass is 368 g/mol. The second kappa shape index (κ2) is 7.74. The molecule has 0 radical (unpaired) electrons. The maximum Gasteiger partial charge on any atom is 0.340 e. The van der Waals surface area contributed by atoms with Crippen LogP contribution >= 0.6 is 11.8 Å². The number of benzene rings is 1. The number of fused-ring (bicyclic) bond motifs is 1. The molecule has 0 fully saturated rings. The van der Waals surface area contributed by atoms with E-state index < -0.39 is 5.97 Å². The maximum absolute atomic E-state index is 12.8. The van der Waals surface area contributed by atoms with Crippen molar-refractivity contribution in [3.63, 3.8) is 0 Å². The number of pyridine rings is 1. The lowest BCUT2D eigenvalue weighted by Crippen LogP contribution is -2.13. The molecule has 0 atom stereocenters. The van der Waals surface area contributed by atoms with Crippen LogP contribution < -0.4 is 0 Å². The summed E-state index contributed by atoms with van der Waals surface area (Å²) >= 11 is 1.36. The van der Waals surface area contributed by atoms with E-state index in [4.69, 9.17) is 4.74 Å². The molecule has 0 aliphatic carbocycles. The van der Waals surface area contributed by atoms with Crippen molar-refractivity contribution in [3.05, 3.63) is 58.9 Å². The van der Waals surface area contributed by atoms with Gasteiger partial charge in [0.2, 0.25) is 0 Å². The average Bonchev–Trinajstić information content (AvgIpc) is 2.93. The molecule has 0 saturated heterocycles. The van der Waals surface area contributed by atoms with E-state index >= 15 is 0 Å². The van der Waals surface area contributed by atoms with Crippen LogP contribution in [0.2, 0.25) is 0 Å². The minimum Gasteiger partial charge on any atom is -0.462 e. The number of hydrogen-bond donors (Lipinski definition) is 1. The molecular formula is C20H20N2O3S. The minimum atomic E-state index is -0.466. The fraction of sp³-hybridized carbons (Fsp3) is 0.250. The van der Waals surface area contributed by atoms with Crippen LogP contribution in [0.25, 0.3) is 10.9 Å². The van der Waals surface area contributed by atoms with Gasteiger partial charge in [-0.3, -0.25) is 4.79 Å². The number of aromatic nitrogens is 2. The second-order valence-electron chi connectivity index (χ2n) is 5.90. The van der Waals surface area contributed by atoms with E-state index in [0.717, 1.165) is 15.9 Å². The highest BCUT2D eigenvalue weighted by molar-refractivity contribution is 7.99. The topological polar surface area (TPSA) is 72.1 Å². The number of carbonyl (C=O) groups excluding carboxylic acids is 2. The van der Waals surface area contributed by atoms with Crippen LogP contribution in [0.1, 0.15) is 39.0 Å². The molecule has 6 heteroatoms. The number of Topliss-reactive ketones (excluding diaryl/α,β-unsaturated/α-hetero) is 1. The first-order valence-corrected chi connectivity index (χ1v) is 9.38. The number of ether oxygens (including phenoxy) is 1. The van der Waals surface area contributed by atoms with Crippen LogP contribution in [0.4, 0.5) is 0 Å². The van der Waals surface area contributed by atoms with Crippen LogP contribution in [-0.4, -0.2) is 34.1 Å². The van der Waals surface area contributed by atoms with E-state index in [1.54, 1.807) is 20.8 Å². The Bertz CT molecular complexity index is 978. The Morgan fingerprint density at radius 3 is 2.58 bits per heavy atom. The molecule has 0 aliphatic rings. The van der Waals surface area contributed by atoms with Gasteiger partial charge in [0.1, 0.15) is 0 Å². The fourth-order valence-corrected chi connectivity index (χ4v) is 3.68. The third-order valence-electron chi connectivity index (χ3n) is 4.06. The third-order valence-corrected chi connectivity index (χ3v) is 4.99. The van der Waals surface area contributed by atoms with E-state index in [1.807, 2.05) is 36.4 Å². The first kappa shape index (κ1) is 18.2. The number of thioether (sulfide) groups is 1. The van der Waals surface area contributed by atoms with Gasteiger partial charge in [-0.25, -0.2) is 9.78 Å². The molecule has 0 amide bonds. The Kier molecular flexibility index (Phi) is 5.42. The van der Waals surface area contributed by atoms with Gasteiger partial charge in [-0.15, -0.1) is 0 Å². The highest BCUT2D eigenvalue weighted by Crippen LogP contribution is 2.25. The Hall–Kier alpha value is -2.60. The highest BCUT2D eigenvalue weighted by Gasteiger charge is 2.25. The highest BCUT2D eigenvalue weighted by atomic mass is 32.2. The van der Waals surface area contributed by atoms with Crippen molar-refractivity contribution in [1.82, 2.24) is 9.97 Å². The lowest BCUT2D eigenvalue weighted by atomic mass is 10.1. The fourth-order valence-electron chi connectivity index (χ4n) is 2.93. The molecule has 5 nitrogen and oxygen atoms in total. The van der Waals surface area contributed by atoms with Gasteiger partial charge in [-0.1, -0.05) is 36.0 Å². The van der Waals surface area contributed by atoms with E-state index in [9.17, 15) is 9.59 Å². The zero-order valence-corrected chi connectivity index (χ0v) is 15.8. The molecule has 1 N–H and O–H groups in total. The SMILES string of the molecule is CCOC(=O)c1c(C)[nH]c(C)c1C(=O)CSc1ccc2ccccc2n1. The third kappa shape index (κ3) is 3.65. The predicted octanol–water partition coefficient (Wildman–Crippen LogP) is 4.33. The lowest BCUT2D eigenvalue weighted by Gasteiger charge is -2.06. The van der Waals surface area contributed by atoms with Crippen molar-refractivity contribution >= 4 is 34.4 Å². The molecule has 0 spiro atoms. The first-order chi connectivity index (χ1) is 12.5. The Morgan fingerprint density at radius 1 is 1.08 bits per heavy atom. The van der Waals surface area contributed by atoms with Gasteiger partial charge < -0.3 is 9.72 Å². The second-order valence-corrected chi connectivity index (χ2v) is 6.90. The van der Waals surface area contributed by atoms with Crippen LogP contribution in [-0.2, 0) is 4.74 Å². The number of aryl methyl sites for hydroxylation is 2. The first-order valence-electron chi connectivity index (χ1n) is 8.39. The summed E-state index contributed by atoms with van der Waals surface area (Å²) in [5.74, 6) is -0.378. The van der Waals surface area contributed by atoms with E-state index in [1.165, 1.54) is 11.8 Å². The smallest absolute Gasteiger partial charge is 0.340 e. The summed E-state index contributed by atoms with van der Waals surface area (Å²) in [6, 6.07) is 11.7. The molecule has 0 unspecified atom stereocenters. The normalized spacial score (nSPS) is 10.9. The number of H-pyrrole nitrogens is 1. The number of ketones is 1. The van der Waals surface area contributed by atoms with Gasteiger partial charge >= 0.3 is 5.97 Å². The van der Waals surface area contributed by atoms with E-state index in [0.29, 0.717) is 22.5 Å². The van der Waals surface area contributed by atoms with Gasteiger partial charge in [-0.05, 0) is 32.9 Å². The zero-order valence-electron chi connectivity index (χ0n) is 15.0. The minimum absolute atomic E-state index is 0.116. The van der Waals surface area contributed by atoms with Crippen molar-refractivity contribution in [2.45, 2.75) is 25.8 Å². The predicted molar refractivity (Wildman–Crippen MR) is 103 cm³/mol. The number of esters is 1. The number of aromatic amines is 1. The molecule has 1 aromatic carbocycles. The van der Waals surface area contributed by atoms with Gasteiger partial charge in [0.15, 0.2) is 5.78 Å². The van der Waals surface area contributed by atoms with Crippen molar-refractivity contribution in [3.8, 4) is 0 Å². The van der Waals surface area contributed by atoms with Gasteiger partial charge in [0.25, 0.3) is 0 Å². The zero-order chi connectivity index (χ0) is 18.7. The molecule has 3 aromatic rings. The summed E-state index contributed by atoms with van der Waals surface area (Å²) in [7, 11) is 0. The van der Waals surface area contributed by atoms with Crippen LogP contribution in [0.15, 0.2) is 41.4 Å². The van der Waals surface area contributed by atoms with Gasteiger partial charge in [-0.2, -0.15) is 0 Å². The summed E-state index contributed by atoms with van der Waals surface area (Å²) in [5, 5.41) is 1.84. The Labute approximate surface area is 156 Å². The maximum atomic E-state index is 12.8. The standard InChI is InChI=1S/C20H20N2O3S/c1-4-25-20(24)19-13(3)21-12(2)18(19)16(23)11-26-17-10-9-14-7-5-6-8-15(14)22-17/h5-10,21H,4,11H2,1-3H3. The van der Waals surface area contributed by atoms with Crippen LogP contribution in [0.3, 0.4) is 0 Å². The summed E-state index contributed by atoms with van der Waals surface area (Å²) in [6.45, 7) is 5.58. The molecule has 0 aliphatic heterocycles. The quantitative estimate of drug-likeness (QED) is 0.398. The molecule has 26 heavy (non-hydrogen) atoms. The van der Waals surface area contributed by atoms with E-state index in [2.05, 4.69) is 9.97 Å². The average molecular weight is 368 g/mol. The Balaban J connectivity index is 1.80. The summed E-state index contributed by atoms with van der Waals surface area (Å²) < 4.78 is 5.09. The van der Waals surface area contributed by atoms with Gasteiger partial charge in [0, 0.05) is 16.8 Å². The summed E-state index contributed by atoms with van der Waals surface area (Å²) in [4.78, 5) is 32.6. The molecule has 3 rings (SSSR count). The largest absolute Gasteiger partial charge is 0.462 e. The number of carbonyl (C=O) groups is 2. The van der Waals surface area contributed by atoms with Crippen LogP contribution in [0.5, 0.6) is 0 Å².